The zero-order valence-corrected chi connectivity index (χ0v) is 18.7. The molecule has 1 amide bonds. The molecular weight excluding hydrogens is 450 g/mol. The lowest BCUT2D eigenvalue weighted by atomic mass is 10.0. The average Bonchev–Trinajstić information content (AvgIpc) is 3.35. The van der Waals surface area contributed by atoms with Crippen LogP contribution in [0.5, 0.6) is 0 Å². The molecule has 1 aliphatic heterocycles. The minimum Gasteiger partial charge on any atom is -0.456 e. The molecule has 5 rings (SSSR count). The number of aliphatic hydroxyl groups is 1. The topological polar surface area (TPSA) is 128 Å². The van der Waals surface area contributed by atoms with Crippen LogP contribution in [-0.2, 0) is 9.47 Å². The molecule has 10 heteroatoms. The summed E-state index contributed by atoms with van der Waals surface area (Å²) < 4.78 is 13.3. The summed E-state index contributed by atoms with van der Waals surface area (Å²) in [5, 5.41) is 12.5. The second-order valence-corrected chi connectivity index (χ2v) is 8.12. The molecule has 1 aliphatic rings. The van der Waals surface area contributed by atoms with Gasteiger partial charge in [0.25, 0.3) is 5.91 Å². The average molecular weight is 473 g/mol. The molecule has 10 nitrogen and oxygen atoms in total. The van der Waals surface area contributed by atoms with Gasteiger partial charge in [-0.3, -0.25) is 4.79 Å². The van der Waals surface area contributed by atoms with E-state index in [2.05, 4.69) is 20.3 Å². The number of fused-ring (bicyclic) bond motifs is 1. The zero-order chi connectivity index (χ0) is 24.2. The fourth-order valence-corrected chi connectivity index (χ4v) is 4.08. The first-order chi connectivity index (χ1) is 17.1. The third-order valence-electron chi connectivity index (χ3n) is 5.89. The lowest BCUT2D eigenvalue weighted by Crippen LogP contribution is -2.44. The fraction of sp³-hybridized carbons (Fsp3) is 0.240. The van der Waals surface area contributed by atoms with Crippen molar-refractivity contribution < 1.29 is 24.2 Å². The molecule has 0 spiro atoms. The molecule has 3 atom stereocenters. The van der Waals surface area contributed by atoms with E-state index in [4.69, 9.17) is 9.47 Å². The molecule has 0 unspecified atom stereocenters. The predicted octanol–water partition coefficient (Wildman–Crippen LogP) is 2.63. The third kappa shape index (κ3) is 4.75. The van der Waals surface area contributed by atoms with Gasteiger partial charge >= 0.3 is 5.97 Å². The van der Waals surface area contributed by atoms with Crippen molar-refractivity contribution in [3.63, 3.8) is 0 Å². The zero-order valence-electron chi connectivity index (χ0n) is 18.7. The van der Waals surface area contributed by atoms with E-state index >= 15 is 0 Å². The number of nitrogens with one attached hydrogen (secondary N) is 1. The van der Waals surface area contributed by atoms with Crippen LogP contribution in [-0.4, -0.2) is 61.9 Å². The van der Waals surface area contributed by atoms with Gasteiger partial charge in [0.15, 0.2) is 17.0 Å². The van der Waals surface area contributed by atoms with Gasteiger partial charge in [-0.25, -0.2) is 19.7 Å². The molecule has 0 bridgehead atoms. The van der Waals surface area contributed by atoms with Crippen LogP contribution in [0.2, 0.25) is 0 Å². The van der Waals surface area contributed by atoms with E-state index in [1.807, 2.05) is 16.7 Å². The molecular formula is C25H23N5O5. The summed E-state index contributed by atoms with van der Waals surface area (Å²) in [6, 6.07) is 17.2. The van der Waals surface area contributed by atoms with Gasteiger partial charge in [0.05, 0.1) is 31.1 Å². The minimum atomic E-state index is -0.664. The van der Waals surface area contributed by atoms with E-state index in [-0.39, 0.29) is 25.2 Å². The normalized spacial score (nSPS) is 19.9. The van der Waals surface area contributed by atoms with Crippen LogP contribution in [0.25, 0.3) is 11.2 Å². The molecule has 2 aromatic heterocycles. The summed E-state index contributed by atoms with van der Waals surface area (Å²) in [7, 11) is 0. The van der Waals surface area contributed by atoms with Crippen molar-refractivity contribution in [2.75, 3.05) is 18.5 Å². The molecule has 0 aliphatic carbocycles. The number of imidazole rings is 1. The molecule has 3 heterocycles. The second kappa shape index (κ2) is 10.00. The Kier molecular flexibility index (Phi) is 6.47. The van der Waals surface area contributed by atoms with Crippen molar-refractivity contribution in [2.45, 2.75) is 24.7 Å². The molecule has 2 N–H and O–H groups in total. The van der Waals surface area contributed by atoms with Crippen molar-refractivity contribution in [1.82, 2.24) is 19.5 Å². The number of carbonyl (C=O) groups excluding carboxylic acids is 2. The number of nitrogens with zero attached hydrogens (tertiary/aromatic N) is 4. The van der Waals surface area contributed by atoms with Gasteiger partial charge in [0, 0.05) is 12.0 Å². The molecule has 2 aromatic carbocycles. The maximum Gasteiger partial charge on any atom is 0.338 e. The van der Waals surface area contributed by atoms with E-state index in [1.54, 1.807) is 54.9 Å². The summed E-state index contributed by atoms with van der Waals surface area (Å²) >= 11 is 0. The fourth-order valence-electron chi connectivity index (χ4n) is 4.08. The summed E-state index contributed by atoms with van der Waals surface area (Å²) in [6.07, 6.45) is 2.05. The van der Waals surface area contributed by atoms with E-state index in [0.29, 0.717) is 34.5 Å². The Bertz CT molecular complexity index is 1330. The van der Waals surface area contributed by atoms with Gasteiger partial charge in [-0.15, -0.1) is 0 Å². The first-order valence-electron chi connectivity index (χ1n) is 11.2. The van der Waals surface area contributed by atoms with Gasteiger partial charge in [-0.2, -0.15) is 0 Å². The highest BCUT2D eigenvalue weighted by Gasteiger charge is 2.35. The van der Waals surface area contributed by atoms with Crippen molar-refractivity contribution in [3.8, 4) is 0 Å². The summed E-state index contributed by atoms with van der Waals surface area (Å²) in [4.78, 5) is 38.2. The second-order valence-electron chi connectivity index (χ2n) is 8.12. The highest BCUT2D eigenvalue weighted by Crippen LogP contribution is 2.30. The molecule has 1 fully saturated rings. The maximum atomic E-state index is 12.6. The van der Waals surface area contributed by atoms with Crippen LogP contribution in [0.3, 0.4) is 0 Å². The standard InChI is InChI=1S/C25H23N5O5/c31-12-20-19(35-25(33)17-9-5-2-6-10-17)11-18(13-34-20)30-15-28-21-22(26-14-27-23(21)30)29-24(32)16-7-3-1-4-8-16/h1-10,14-15,18-20,31H,11-13H2,(H,26,27,29,32)/t18-,19-,20+/m0/s1. The van der Waals surface area contributed by atoms with Crippen molar-refractivity contribution in [3.05, 3.63) is 84.4 Å². The van der Waals surface area contributed by atoms with Crippen LogP contribution in [0.15, 0.2) is 73.3 Å². The number of aromatic nitrogens is 4. The quantitative estimate of drug-likeness (QED) is 0.409. The molecule has 0 saturated carbocycles. The lowest BCUT2D eigenvalue weighted by molar-refractivity contribution is -0.117. The number of aliphatic hydroxyl groups excluding tert-OH is 1. The lowest BCUT2D eigenvalue weighted by Gasteiger charge is -2.35. The Labute approximate surface area is 200 Å². The van der Waals surface area contributed by atoms with Crippen LogP contribution in [0.4, 0.5) is 5.82 Å². The highest BCUT2D eigenvalue weighted by atomic mass is 16.6. The predicted molar refractivity (Wildman–Crippen MR) is 126 cm³/mol. The first-order valence-corrected chi connectivity index (χ1v) is 11.2. The smallest absolute Gasteiger partial charge is 0.338 e. The Morgan fingerprint density at radius 1 is 1.03 bits per heavy atom. The third-order valence-corrected chi connectivity index (χ3v) is 5.89. The molecule has 4 aromatic rings. The highest BCUT2D eigenvalue weighted by molar-refractivity contribution is 6.06. The summed E-state index contributed by atoms with van der Waals surface area (Å²) in [6.45, 7) is -0.00620. The summed E-state index contributed by atoms with van der Waals surface area (Å²) in [5.41, 5.74) is 1.86. The number of amides is 1. The Morgan fingerprint density at radius 2 is 1.74 bits per heavy atom. The Morgan fingerprint density at radius 3 is 2.46 bits per heavy atom. The van der Waals surface area contributed by atoms with Crippen molar-refractivity contribution in [2.24, 2.45) is 0 Å². The minimum absolute atomic E-state index is 0.260. The summed E-state index contributed by atoms with van der Waals surface area (Å²) in [5.74, 6) is -0.499. The first kappa shape index (κ1) is 22.6. The SMILES string of the molecule is O=C(Nc1ncnc2c1ncn2[C@@H]1CO[C@H](CO)[C@@H](OC(=O)c2ccccc2)C1)c1ccccc1. The van der Waals surface area contributed by atoms with Crippen LogP contribution < -0.4 is 5.32 Å². The molecule has 0 radical (unpaired) electrons. The number of benzene rings is 2. The Hall–Kier alpha value is -4.15. The van der Waals surface area contributed by atoms with E-state index in [0.717, 1.165) is 0 Å². The number of esters is 1. The van der Waals surface area contributed by atoms with Gasteiger partial charge in [-0.1, -0.05) is 36.4 Å². The largest absolute Gasteiger partial charge is 0.456 e. The number of rotatable bonds is 6. The number of carbonyl (C=O) groups is 2. The van der Waals surface area contributed by atoms with Crippen LogP contribution in [0.1, 0.15) is 33.2 Å². The Balaban J connectivity index is 1.36. The number of anilines is 1. The van der Waals surface area contributed by atoms with Gasteiger partial charge in [-0.05, 0) is 24.3 Å². The number of ether oxygens (including phenoxy) is 2. The van der Waals surface area contributed by atoms with Crippen molar-refractivity contribution in [1.29, 1.82) is 0 Å². The molecule has 178 valence electrons. The van der Waals surface area contributed by atoms with Crippen LogP contribution in [0, 0.1) is 0 Å². The molecule has 35 heavy (non-hydrogen) atoms. The monoisotopic (exact) mass is 473 g/mol. The van der Waals surface area contributed by atoms with E-state index in [9.17, 15) is 14.7 Å². The number of hydrogen-bond donors (Lipinski definition) is 2. The van der Waals surface area contributed by atoms with Crippen LogP contribution >= 0.6 is 0 Å². The van der Waals surface area contributed by atoms with E-state index in [1.165, 1.54) is 6.33 Å². The maximum absolute atomic E-state index is 12.6. The van der Waals surface area contributed by atoms with Crippen molar-refractivity contribution >= 4 is 28.9 Å². The van der Waals surface area contributed by atoms with Gasteiger partial charge in [0.2, 0.25) is 0 Å². The number of hydrogen-bond acceptors (Lipinski definition) is 8. The van der Waals surface area contributed by atoms with Gasteiger partial charge < -0.3 is 24.5 Å². The van der Waals surface area contributed by atoms with Gasteiger partial charge in [0.1, 0.15) is 18.5 Å². The van der Waals surface area contributed by atoms with E-state index < -0.39 is 18.2 Å². The molecule has 1 saturated heterocycles.